The normalized spacial score (nSPS) is 41.8. The quantitative estimate of drug-likeness (QED) is 0.609. The van der Waals surface area contributed by atoms with Crippen LogP contribution < -0.4 is 14.8 Å². The van der Waals surface area contributed by atoms with Gasteiger partial charge in [0.15, 0.2) is 18.3 Å². The fourth-order valence-electron chi connectivity index (χ4n) is 8.56. The topological polar surface area (TPSA) is 39.7 Å². The molecule has 4 saturated carbocycles. The average Bonchev–Trinajstić information content (AvgIpc) is 2.68. The summed E-state index contributed by atoms with van der Waals surface area (Å²) in [5, 5.41) is 3.78. The Morgan fingerprint density at radius 3 is 2.19 bits per heavy atom. The van der Waals surface area contributed by atoms with E-state index in [1.165, 1.54) is 49.7 Å². The summed E-state index contributed by atoms with van der Waals surface area (Å²) >= 11 is 0. The van der Waals surface area contributed by atoms with Gasteiger partial charge < -0.3 is 19.5 Å². The smallest absolute Gasteiger partial charge is 0.189 e. The van der Waals surface area contributed by atoms with Crippen LogP contribution in [0.5, 0.6) is 11.5 Å². The number of hydrogen-bond donors (Lipinski definition) is 1. The van der Waals surface area contributed by atoms with Crippen molar-refractivity contribution in [3.05, 3.63) is 23.3 Å². The molecule has 2 atom stereocenters. The Morgan fingerprint density at radius 2 is 1.68 bits per heavy atom. The van der Waals surface area contributed by atoms with Gasteiger partial charge in [0.1, 0.15) is 0 Å². The first-order chi connectivity index (χ1) is 14.7. The molecule has 5 fully saturated rings. The van der Waals surface area contributed by atoms with Crippen LogP contribution in [0.15, 0.2) is 12.1 Å². The molecule has 6 aliphatic rings. The molecular weight excluding hydrogens is 386 g/mol. The Labute approximate surface area is 187 Å². The number of nitrogens with one attached hydrogen (secondary N) is 1. The lowest BCUT2D eigenvalue weighted by molar-refractivity contribution is -0.191. The molecule has 1 N–H and O–H groups in total. The molecule has 1 aromatic rings. The predicted octanol–water partition coefficient (Wildman–Crippen LogP) is 5.52. The first kappa shape index (κ1) is 20.4. The highest BCUT2D eigenvalue weighted by atomic mass is 16.7. The van der Waals surface area contributed by atoms with Crippen LogP contribution in [0.2, 0.25) is 0 Å². The second-order valence-electron chi connectivity index (χ2n) is 12.9. The van der Waals surface area contributed by atoms with Crippen LogP contribution in [0, 0.1) is 23.2 Å². The van der Waals surface area contributed by atoms with Crippen LogP contribution in [0.1, 0.15) is 83.8 Å². The largest absolute Gasteiger partial charge is 0.493 e. The van der Waals surface area contributed by atoms with Gasteiger partial charge in [-0.05, 0) is 79.7 Å². The third-order valence-electron chi connectivity index (χ3n) is 9.38. The van der Waals surface area contributed by atoms with E-state index in [2.05, 4.69) is 45.1 Å². The van der Waals surface area contributed by atoms with Crippen molar-refractivity contribution in [2.45, 2.75) is 89.2 Å². The van der Waals surface area contributed by atoms with Crippen molar-refractivity contribution in [3.63, 3.8) is 0 Å². The van der Waals surface area contributed by atoms with E-state index in [1.807, 2.05) is 0 Å². The zero-order valence-electron chi connectivity index (χ0n) is 20.0. The van der Waals surface area contributed by atoms with Crippen molar-refractivity contribution >= 4 is 0 Å². The van der Waals surface area contributed by atoms with Crippen LogP contribution >= 0.6 is 0 Å². The SMILES string of the molecule is COc1c(OCOC23CC4CC(CC(C4)C2)C3)ccc2c1C1(C)CNC21CC(C)(C)C. The van der Waals surface area contributed by atoms with Crippen LogP contribution in [-0.2, 0) is 15.7 Å². The Morgan fingerprint density at radius 1 is 1.03 bits per heavy atom. The molecule has 4 bridgehead atoms. The van der Waals surface area contributed by atoms with Gasteiger partial charge in [-0.1, -0.05) is 33.8 Å². The molecule has 0 spiro atoms. The van der Waals surface area contributed by atoms with E-state index in [0.717, 1.165) is 42.2 Å². The summed E-state index contributed by atoms with van der Waals surface area (Å²) in [5.74, 6) is 4.42. The minimum atomic E-state index is 0.0715. The lowest BCUT2D eigenvalue weighted by atomic mass is 9.43. The summed E-state index contributed by atoms with van der Waals surface area (Å²) in [4.78, 5) is 0. The Bertz CT molecular complexity index is 867. The Hall–Kier alpha value is -1.26. The highest BCUT2D eigenvalue weighted by Crippen LogP contribution is 2.67. The highest BCUT2D eigenvalue weighted by molar-refractivity contribution is 5.67. The van der Waals surface area contributed by atoms with Gasteiger partial charge in [-0.2, -0.15) is 0 Å². The number of fused-ring (bicyclic) bond motifs is 4. The van der Waals surface area contributed by atoms with Crippen molar-refractivity contribution < 1.29 is 14.2 Å². The number of benzene rings is 1. The molecule has 0 radical (unpaired) electrons. The third-order valence-corrected chi connectivity index (χ3v) is 9.38. The van der Waals surface area contributed by atoms with Crippen LogP contribution in [-0.4, -0.2) is 26.0 Å². The highest BCUT2D eigenvalue weighted by Gasteiger charge is 2.68. The molecule has 7 rings (SSSR count). The van der Waals surface area contributed by atoms with E-state index in [1.54, 1.807) is 7.11 Å². The minimum Gasteiger partial charge on any atom is -0.493 e. The number of ether oxygens (including phenoxy) is 3. The van der Waals surface area contributed by atoms with Gasteiger partial charge >= 0.3 is 0 Å². The summed E-state index contributed by atoms with van der Waals surface area (Å²) < 4.78 is 18.7. The van der Waals surface area contributed by atoms with Gasteiger partial charge in [0.05, 0.1) is 18.2 Å². The molecule has 5 aliphatic carbocycles. The van der Waals surface area contributed by atoms with Crippen LogP contribution in [0.3, 0.4) is 0 Å². The molecule has 0 amide bonds. The van der Waals surface area contributed by atoms with Gasteiger partial charge in [-0.3, -0.25) is 0 Å². The molecule has 4 nitrogen and oxygen atoms in total. The summed E-state index contributed by atoms with van der Waals surface area (Å²) in [7, 11) is 1.78. The van der Waals surface area contributed by atoms with Crippen molar-refractivity contribution in [1.82, 2.24) is 5.32 Å². The maximum Gasteiger partial charge on any atom is 0.189 e. The fraction of sp³-hybridized carbons (Fsp3) is 0.778. The van der Waals surface area contributed by atoms with E-state index in [9.17, 15) is 0 Å². The van der Waals surface area contributed by atoms with E-state index in [4.69, 9.17) is 14.2 Å². The Kier molecular flexibility index (Phi) is 4.21. The van der Waals surface area contributed by atoms with Crippen LogP contribution in [0.4, 0.5) is 0 Å². The molecule has 1 aliphatic heterocycles. The minimum absolute atomic E-state index is 0.0715. The lowest BCUT2D eigenvalue weighted by Gasteiger charge is -2.69. The predicted molar refractivity (Wildman–Crippen MR) is 122 cm³/mol. The molecule has 0 aromatic heterocycles. The molecule has 4 heteroatoms. The average molecular weight is 426 g/mol. The maximum absolute atomic E-state index is 6.52. The molecule has 1 aromatic carbocycles. The van der Waals surface area contributed by atoms with Crippen molar-refractivity contribution in [2.75, 3.05) is 20.4 Å². The second-order valence-corrected chi connectivity index (χ2v) is 12.9. The lowest BCUT2D eigenvalue weighted by Crippen LogP contribution is -2.79. The monoisotopic (exact) mass is 425 g/mol. The van der Waals surface area contributed by atoms with Crippen LogP contribution in [0.25, 0.3) is 0 Å². The van der Waals surface area contributed by atoms with Gasteiger partial charge in [0.25, 0.3) is 0 Å². The van der Waals surface area contributed by atoms with Crippen molar-refractivity contribution in [2.24, 2.45) is 23.2 Å². The zero-order valence-corrected chi connectivity index (χ0v) is 20.0. The van der Waals surface area contributed by atoms with E-state index in [0.29, 0.717) is 6.79 Å². The molecule has 31 heavy (non-hydrogen) atoms. The van der Waals surface area contributed by atoms with Crippen molar-refractivity contribution in [3.8, 4) is 11.5 Å². The molecule has 1 heterocycles. The van der Waals surface area contributed by atoms with E-state index >= 15 is 0 Å². The van der Waals surface area contributed by atoms with Crippen molar-refractivity contribution in [1.29, 1.82) is 0 Å². The molecule has 1 saturated heterocycles. The number of hydrogen-bond acceptors (Lipinski definition) is 4. The van der Waals surface area contributed by atoms with Gasteiger partial charge in [-0.15, -0.1) is 0 Å². The van der Waals surface area contributed by atoms with E-state index < -0.39 is 0 Å². The summed E-state index contributed by atoms with van der Waals surface area (Å²) in [6.07, 6.45) is 9.15. The van der Waals surface area contributed by atoms with Gasteiger partial charge in [0.2, 0.25) is 0 Å². The zero-order chi connectivity index (χ0) is 21.6. The standard InChI is InChI=1S/C27H39NO3/c1-24(2,3)14-27-20-6-7-21(23(29-5)22(20)25(27,4)15-28-27)30-16-31-26-11-17-8-18(12-26)10-19(9-17)13-26/h6-7,17-19,28H,8-16H2,1-5H3. The second kappa shape index (κ2) is 6.41. The summed E-state index contributed by atoms with van der Waals surface area (Å²) in [6, 6.07) is 4.36. The number of methoxy groups -OCH3 is 1. The van der Waals surface area contributed by atoms with Gasteiger partial charge in [-0.25, -0.2) is 0 Å². The Balaban J connectivity index is 1.21. The van der Waals surface area contributed by atoms with E-state index in [-0.39, 0.29) is 22.0 Å². The maximum atomic E-state index is 6.52. The summed E-state index contributed by atoms with van der Waals surface area (Å²) in [5.41, 5.74) is 3.25. The third kappa shape index (κ3) is 2.80. The summed E-state index contributed by atoms with van der Waals surface area (Å²) in [6.45, 7) is 10.7. The molecular formula is C27H39NO3. The van der Waals surface area contributed by atoms with Gasteiger partial charge in [0, 0.05) is 17.5 Å². The fourth-order valence-corrected chi connectivity index (χ4v) is 8.56. The number of rotatable bonds is 6. The first-order valence-electron chi connectivity index (χ1n) is 12.4. The first-order valence-corrected chi connectivity index (χ1v) is 12.4. The molecule has 2 unspecified atom stereocenters. The molecule has 170 valence electrons.